The Bertz CT molecular complexity index is 1150. The summed E-state index contributed by atoms with van der Waals surface area (Å²) in [4.78, 5) is 0. The van der Waals surface area contributed by atoms with E-state index in [0.29, 0.717) is 23.1 Å². The van der Waals surface area contributed by atoms with Crippen molar-refractivity contribution in [2.75, 3.05) is 0 Å². The van der Waals surface area contributed by atoms with Crippen LogP contribution in [0.25, 0.3) is 0 Å². The van der Waals surface area contributed by atoms with Crippen molar-refractivity contribution >= 4 is 0 Å². The lowest BCUT2D eigenvalue weighted by atomic mass is 10.1. The largest absolute Gasteiger partial charge is 0.207 e. The molecule has 0 fully saturated rings. The van der Waals surface area contributed by atoms with E-state index in [9.17, 15) is 17.6 Å². The predicted octanol–water partition coefficient (Wildman–Crippen LogP) is 6.30. The Kier molecular flexibility index (Phi) is 6.60. The molecule has 3 rings (SSSR count). The van der Waals surface area contributed by atoms with Crippen molar-refractivity contribution in [3.63, 3.8) is 0 Å². The Balaban J connectivity index is 1.79. The molecule has 0 bridgehead atoms. The van der Waals surface area contributed by atoms with E-state index in [1.807, 2.05) is 6.92 Å². The van der Waals surface area contributed by atoms with Crippen LogP contribution in [-0.4, -0.2) is 0 Å². The average Bonchev–Trinajstić information content (AvgIpc) is 2.71. The van der Waals surface area contributed by atoms with Gasteiger partial charge in [-0.25, -0.2) is 17.6 Å². The van der Waals surface area contributed by atoms with Gasteiger partial charge in [0.2, 0.25) is 0 Å². The Hall–Kier alpha value is -3.50. The van der Waals surface area contributed by atoms with E-state index in [0.717, 1.165) is 6.42 Å². The first-order valence-electron chi connectivity index (χ1n) is 9.45. The fourth-order valence-electron chi connectivity index (χ4n) is 2.81. The lowest BCUT2D eigenvalue weighted by molar-refractivity contribution is 0.567. The SMILES string of the molecule is CCCc1cc(F)c(C#Cc2ccc(C#Cc3cc(F)c(C)c(F)c3)cc2)c(F)c1. The highest BCUT2D eigenvalue weighted by molar-refractivity contribution is 5.49. The van der Waals surface area contributed by atoms with Gasteiger partial charge in [-0.1, -0.05) is 37.0 Å². The minimum Gasteiger partial charge on any atom is -0.207 e. The van der Waals surface area contributed by atoms with Crippen LogP contribution < -0.4 is 0 Å². The molecule has 150 valence electrons. The van der Waals surface area contributed by atoms with Gasteiger partial charge in [0.15, 0.2) is 0 Å². The molecular weight excluding hydrogens is 388 g/mol. The fourth-order valence-corrected chi connectivity index (χ4v) is 2.81. The van der Waals surface area contributed by atoms with Crippen LogP contribution >= 0.6 is 0 Å². The van der Waals surface area contributed by atoms with E-state index < -0.39 is 23.3 Å². The minimum atomic E-state index is -0.675. The third-order valence-corrected chi connectivity index (χ3v) is 4.49. The maximum atomic E-state index is 14.1. The second kappa shape index (κ2) is 9.33. The molecule has 0 aliphatic rings. The van der Waals surface area contributed by atoms with Gasteiger partial charge in [-0.05, 0) is 67.4 Å². The van der Waals surface area contributed by atoms with Crippen molar-refractivity contribution in [1.82, 2.24) is 0 Å². The van der Waals surface area contributed by atoms with Crippen molar-refractivity contribution in [3.8, 4) is 23.7 Å². The monoisotopic (exact) mass is 406 g/mol. The highest BCUT2D eigenvalue weighted by Gasteiger charge is 2.09. The number of aryl methyl sites for hydroxylation is 1. The molecule has 0 saturated heterocycles. The zero-order valence-corrected chi connectivity index (χ0v) is 16.5. The fraction of sp³-hybridized carbons (Fsp3) is 0.154. The Morgan fingerprint density at radius 3 is 1.60 bits per heavy atom. The molecule has 0 aromatic heterocycles. The third-order valence-electron chi connectivity index (χ3n) is 4.49. The molecular formula is C26H18F4. The van der Waals surface area contributed by atoms with Crippen LogP contribution in [0.4, 0.5) is 17.6 Å². The standard InChI is InChI=1S/C26H18F4/c1-3-4-20-15-25(29)22(26(30)16-20)12-11-19-7-5-18(6-8-19)9-10-21-13-23(27)17(2)24(28)14-21/h5-8,13-16H,3-4H2,1-2H3. The number of hydrogen-bond acceptors (Lipinski definition) is 0. The quantitative estimate of drug-likeness (QED) is 0.346. The van der Waals surface area contributed by atoms with Crippen LogP contribution in [0, 0.1) is 53.9 Å². The highest BCUT2D eigenvalue weighted by atomic mass is 19.1. The summed E-state index contributed by atoms with van der Waals surface area (Å²) in [6, 6.07) is 11.7. The molecule has 3 aromatic rings. The lowest BCUT2D eigenvalue weighted by Crippen LogP contribution is -1.94. The molecule has 0 saturated carbocycles. The highest BCUT2D eigenvalue weighted by Crippen LogP contribution is 2.16. The van der Waals surface area contributed by atoms with E-state index in [1.165, 1.54) is 31.2 Å². The van der Waals surface area contributed by atoms with E-state index in [2.05, 4.69) is 23.7 Å². The van der Waals surface area contributed by atoms with Crippen LogP contribution in [0.15, 0.2) is 48.5 Å². The summed E-state index contributed by atoms with van der Waals surface area (Å²) in [7, 11) is 0. The van der Waals surface area contributed by atoms with E-state index >= 15 is 0 Å². The molecule has 4 heteroatoms. The molecule has 0 spiro atoms. The molecule has 0 radical (unpaired) electrons. The van der Waals surface area contributed by atoms with Gasteiger partial charge in [-0.15, -0.1) is 0 Å². The van der Waals surface area contributed by atoms with Crippen LogP contribution in [0.1, 0.15) is 46.7 Å². The Morgan fingerprint density at radius 2 is 1.10 bits per heavy atom. The second-order valence-electron chi connectivity index (χ2n) is 6.83. The number of halogens is 4. The summed E-state index contributed by atoms with van der Waals surface area (Å²) < 4.78 is 55.4. The molecule has 30 heavy (non-hydrogen) atoms. The van der Waals surface area contributed by atoms with Gasteiger partial charge in [-0.3, -0.25) is 0 Å². The van der Waals surface area contributed by atoms with Crippen LogP contribution in [0.5, 0.6) is 0 Å². The van der Waals surface area contributed by atoms with Crippen molar-refractivity contribution in [2.45, 2.75) is 26.7 Å². The van der Waals surface area contributed by atoms with Gasteiger partial charge in [-0.2, -0.15) is 0 Å². The first kappa shape index (κ1) is 21.2. The predicted molar refractivity (Wildman–Crippen MR) is 110 cm³/mol. The van der Waals surface area contributed by atoms with E-state index in [1.54, 1.807) is 24.3 Å². The second-order valence-corrected chi connectivity index (χ2v) is 6.83. The molecule has 0 nitrogen and oxygen atoms in total. The zero-order chi connectivity index (χ0) is 21.7. The summed E-state index contributed by atoms with van der Waals surface area (Å²) in [5.74, 6) is 8.17. The first-order valence-corrected chi connectivity index (χ1v) is 9.45. The van der Waals surface area contributed by atoms with Crippen LogP contribution in [0.2, 0.25) is 0 Å². The van der Waals surface area contributed by atoms with Gasteiger partial charge in [0.05, 0.1) is 5.56 Å². The van der Waals surface area contributed by atoms with Gasteiger partial charge in [0, 0.05) is 22.3 Å². The maximum Gasteiger partial charge on any atom is 0.142 e. The summed E-state index contributed by atoms with van der Waals surface area (Å²) in [5, 5.41) is 0. The summed E-state index contributed by atoms with van der Waals surface area (Å²) >= 11 is 0. The topological polar surface area (TPSA) is 0 Å². The van der Waals surface area contributed by atoms with Crippen molar-refractivity contribution in [2.24, 2.45) is 0 Å². The molecule has 0 unspecified atom stereocenters. The Morgan fingerprint density at radius 1 is 0.633 bits per heavy atom. The number of benzene rings is 3. The van der Waals surface area contributed by atoms with Gasteiger partial charge in [0.25, 0.3) is 0 Å². The molecule has 3 aromatic carbocycles. The first-order chi connectivity index (χ1) is 14.4. The van der Waals surface area contributed by atoms with E-state index in [-0.39, 0.29) is 16.7 Å². The van der Waals surface area contributed by atoms with Crippen molar-refractivity contribution < 1.29 is 17.6 Å². The van der Waals surface area contributed by atoms with E-state index in [4.69, 9.17) is 0 Å². The molecule has 0 amide bonds. The molecule has 0 heterocycles. The minimum absolute atomic E-state index is 0.0450. The third kappa shape index (κ3) is 5.10. The Labute approximate surface area is 173 Å². The molecule has 0 aliphatic carbocycles. The van der Waals surface area contributed by atoms with Gasteiger partial charge < -0.3 is 0 Å². The van der Waals surface area contributed by atoms with Crippen molar-refractivity contribution in [3.05, 3.63) is 105 Å². The van der Waals surface area contributed by atoms with Gasteiger partial charge >= 0.3 is 0 Å². The number of hydrogen-bond donors (Lipinski definition) is 0. The average molecular weight is 406 g/mol. The maximum absolute atomic E-state index is 14.1. The van der Waals surface area contributed by atoms with Gasteiger partial charge in [0.1, 0.15) is 23.3 Å². The normalized spacial score (nSPS) is 10.1. The number of rotatable bonds is 2. The molecule has 0 atom stereocenters. The molecule has 0 aliphatic heterocycles. The summed E-state index contributed by atoms with van der Waals surface area (Å²) in [6.45, 7) is 3.30. The molecule has 0 N–H and O–H groups in total. The lowest BCUT2D eigenvalue weighted by Gasteiger charge is -2.02. The zero-order valence-electron chi connectivity index (χ0n) is 16.5. The van der Waals surface area contributed by atoms with Crippen LogP contribution in [-0.2, 0) is 6.42 Å². The van der Waals surface area contributed by atoms with Crippen molar-refractivity contribution in [1.29, 1.82) is 0 Å². The smallest absolute Gasteiger partial charge is 0.142 e. The summed E-state index contributed by atoms with van der Waals surface area (Å²) in [6.07, 6.45) is 1.40. The van der Waals surface area contributed by atoms with Crippen LogP contribution in [0.3, 0.4) is 0 Å². The summed E-state index contributed by atoms with van der Waals surface area (Å²) in [5.41, 5.74) is 1.71.